The van der Waals surface area contributed by atoms with E-state index in [4.69, 9.17) is 15.3 Å². The number of nitrogens with two attached hydrogens (primary N) is 1. The monoisotopic (exact) mass is 342 g/mol. The molecule has 1 heterocycles. The molecule has 0 saturated carbocycles. The summed E-state index contributed by atoms with van der Waals surface area (Å²) in [7, 11) is 1.68. The maximum atomic E-state index is 5.79. The fourth-order valence-electron chi connectivity index (χ4n) is 2.95. The number of hydrazine groups is 1. The van der Waals surface area contributed by atoms with Crippen LogP contribution in [0.25, 0.3) is 0 Å². The van der Waals surface area contributed by atoms with Gasteiger partial charge >= 0.3 is 0 Å². The molecular weight excluding hydrogens is 320 g/mol. The molecule has 3 N–H and O–H groups in total. The fourth-order valence-corrected chi connectivity index (χ4v) is 3.36. The number of halogens is 1. The molecule has 0 aliphatic carbocycles. The van der Waals surface area contributed by atoms with Gasteiger partial charge in [-0.1, -0.05) is 22.9 Å². The lowest BCUT2D eigenvalue weighted by molar-refractivity contribution is 0.0774. The Labute approximate surface area is 129 Å². The van der Waals surface area contributed by atoms with Gasteiger partial charge in [-0.05, 0) is 43.0 Å². The predicted octanol–water partition coefficient (Wildman–Crippen LogP) is 2.65. The molecule has 2 rings (SSSR count). The third kappa shape index (κ3) is 3.52. The van der Waals surface area contributed by atoms with Gasteiger partial charge < -0.3 is 9.47 Å². The molecule has 4 nitrogen and oxygen atoms in total. The summed E-state index contributed by atoms with van der Waals surface area (Å²) in [6.45, 7) is 3.00. The van der Waals surface area contributed by atoms with Crippen molar-refractivity contribution in [2.75, 3.05) is 13.7 Å². The zero-order chi connectivity index (χ0) is 14.5. The van der Waals surface area contributed by atoms with Crippen LogP contribution in [0, 0.1) is 5.92 Å². The average Bonchev–Trinajstić information content (AvgIpc) is 2.94. The van der Waals surface area contributed by atoms with Gasteiger partial charge in [-0.15, -0.1) is 0 Å². The number of nitrogens with one attached hydrogen (secondary N) is 1. The molecule has 5 heteroatoms. The minimum atomic E-state index is 0.214. The Kier molecular flexibility index (Phi) is 5.84. The Hall–Kier alpha value is -0.620. The van der Waals surface area contributed by atoms with Gasteiger partial charge in [0.05, 0.1) is 13.2 Å². The van der Waals surface area contributed by atoms with Gasteiger partial charge in [-0.3, -0.25) is 11.3 Å². The molecule has 1 saturated heterocycles. The number of hydrogen-bond acceptors (Lipinski definition) is 4. The summed E-state index contributed by atoms with van der Waals surface area (Å²) < 4.78 is 12.2. The van der Waals surface area contributed by atoms with Crippen LogP contribution in [0.3, 0.4) is 0 Å². The highest BCUT2D eigenvalue weighted by Crippen LogP contribution is 2.30. The molecule has 1 aliphatic heterocycles. The molecule has 20 heavy (non-hydrogen) atoms. The number of rotatable bonds is 6. The van der Waals surface area contributed by atoms with E-state index >= 15 is 0 Å². The second-order valence-electron chi connectivity index (χ2n) is 5.20. The highest BCUT2D eigenvalue weighted by Gasteiger charge is 2.33. The van der Waals surface area contributed by atoms with Crippen molar-refractivity contribution in [1.82, 2.24) is 5.43 Å². The molecule has 0 radical (unpaired) electrons. The van der Waals surface area contributed by atoms with E-state index in [1.54, 1.807) is 7.11 Å². The zero-order valence-corrected chi connectivity index (χ0v) is 13.7. The average molecular weight is 343 g/mol. The summed E-state index contributed by atoms with van der Waals surface area (Å²) >= 11 is 3.60. The van der Waals surface area contributed by atoms with E-state index in [1.807, 2.05) is 12.1 Å². The van der Waals surface area contributed by atoms with Crippen LogP contribution < -0.4 is 16.0 Å². The fraction of sp³-hybridized carbons (Fsp3) is 0.600. The quantitative estimate of drug-likeness (QED) is 0.616. The molecule has 3 atom stereocenters. The van der Waals surface area contributed by atoms with E-state index in [9.17, 15) is 0 Å². The van der Waals surface area contributed by atoms with Crippen LogP contribution >= 0.6 is 15.9 Å². The van der Waals surface area contributed by atoms with Crippen molar-refractivity contribution in [2.45, 2.75) is 38.3 Å². The lowest BCUT2D eigenvalue weighted by Crippen LogP contribution is -2.45. The number of hydrogen-bond donors (Lipinski definition) is 2. The van der Waals surface area contributed by atoms with Crippen LogP contribution in [0.1, 0.15) is 25.3 Å². The van der Waals surface area contributed by atoms with Crippen molar-refractivity contribution in [3.05, 3.63) is 28.2 Å². The molecule has 1 aromatic rings. The lowest BCUT2D eigenvalue weighted by Gasteiger charge is -2.27. The Morgan fingerprint density at radius 3 is 3.00 bits per heavy atom. The Morgan fingerprint density at radius 1 is 1.55 bits per heavy atom. The van der Waals surface area contributed by atoms with Crippen molar-refractivity contribution < 1.29 is 9.47 Å². The highest BCUT2D eigenvalue weighted by molar-refractivity contribution is 9.10. The number of benzene rings is 1. The molecule has 0 aromatic heterocycles. The van der Waals surface area contributed by atoms with Crippen LogP contribution in [0.4, 0.5) is 0 Å². The SMILES string of the molecule is CCC1OCCC1C(Cc1cc(OC)ccc1Br)NN. The van der Waals surface area contributed by atoms with Crippen molar-refractivity contribution in [3.8, 4) is 5.75 Å². The van der Waals surface area contributed by atoms with Gasteiger partial charge in [0, 0.05) is 23.0 Å². The van der Waals surface area contributed by atoms with Gasteiger partial charge in [-0.2, -0.15) is 0 Å². The Bertz CT molecular complexity index is 442. The largest absolute Gasteiger partial charge is 0.497 e. The summed E-state index contributed by atoms with van der Waals surface area (Å²) in [5.41, 5.74) is 4.18. The third-order valence-corrected chi connectivity index (χ3v) is 4.86. The Balaban J connectivity index is 2.13. The van der Waals surface area contributed by atoms with Crippen LogP contribution in [0.2, 0.25) is 0 Å². The van der Waals surface area contributed by atoms with Gasteiger partial charge in [0.1, 0.15) is 5.75 Å². The van der Waals surface area contributed by atoms with Crippen LogP contribution in [0.5, 0.6) is 5.75 Å². The van der Waals surface area contributed by atoms with E-state index in [0.717, 1.165) is 36.1 Å². The molecule has 0 amide bonds. The molecule has 112 valence electrons. The van der Waals surface area contributed by atoms with E-state index in [-0.39, 0.29) is 6.04 Å². The zero-order valence-electron chi connectivity index (χ0n) is 12.1. The first-order valence-electron chi connectivity index (χ1n) is 7.09. The van der Waals surface area contributed by atoms with E-state index in [1.165, 1.54) is 5.56 Å². The molecule has 1 fully saturated rings. The van der Waals surface area contributed by atoms with Crippen LogP contribution in [0.15, 0.2) is 22.7 Å². The van der Waals surface area contributed by atoms with E-state index in [2.05, 4.69) is 34.3 Å². The van der Waals surface area contributed by atoms with E-state index in [0.29, 0.717) is 12.0 Å². The summed E-state index contributed by atoms with van der Waals surface area (Å²) in [5, 5.41) is 0. The molecule has 1 aromatic carbocycles. The van der Waals surface area contributed by atoms with Gasteiger partial charge in [0.15, 0.2) is 0 Å². The molecule has 3 unspecified atom stereocenters. The molecular formula is C15H23BrN2O2. The second kappa shape index (κ2) is 7.41. The topological polar surface area (TPSA) is 56.5 Å². The summed E-state index contributed by atoms with van der Waals surface area (Å²) in [4.78, 5) is 0. The third-order valence-electron chi connectivity index (χ3n) is 4.09. The van der Waals surface area contributed by atoms with Crippen LogP contribution in [-0.4, -0.2) is 25.9 Å². The number of ether oxygens (including phenoxy) is 2. The maximum Gasteiger partial charge on any atom is 0.119 e. The van der Waals surface area contributed by atoms with Gasteiger partial charge in [0.25, 0.3) is 0 Å². The van der Waals surface area contributed by atoms with Crippen LogP contribution in [-0.2, 0) is 11.2 Å². The minimum Gasteiger partial charge on any atom is -0.497 e. The van der Waals surface area contributed by atoms with E-state index < -0.39 is 0 Å². The lowest BCUT2D eigenvalue weighted by atomic mass is 9.87. The van der Waals surface area contributed by atoms with Gasteiger partial charge in [0.2, 0.25) is 0 Å². The summed E-state index contributed by atoms with van der Waals surface area (Å²) in [6.07, 6.45) is 3.26. The normalized spacial score (nSPS) is 23.8. The highest BCUT2D eigenvalue weighted by atomic mass is 79.9. The Morgan fingerprint density at radius 2 is 2.35 bits per heavy atom. The predicted molar refractivity (Wildman–Crippen MR) is 83.6 cm³/mol. The first-order valence-corrected chi connectivity index (χ1v) is 7.89. The van der Waals surface area contributed by atoms with Crippen molar-refractivity contribution in [1.29, 1.82) is 0 Å². The number of methoxy groups -OCH3 is 1. The van der Waals surface area contributed by atoms with Crippen molar-refractivity contribution in [2.24, 2.45) is 11.8 Å². The first kappa shape index (κ1) is 15.8. The smallest absolute Gasteiger partial charge is 0.119 e. The van der Waals surface area contributed by atoms with Gasteiger partial charge in [-0.25, -0.2) is 0 Å². The summed E-state index contributed by atoms with van der Waals surface area (Å²) in [6, 6.07) is 6.24. The molecule has 0 spiro atoms. The minimum absolute atomic E-state index is 0.214. The maximum absolute atomic E-state index is 5.79. The molecule has 0 bridgehead atoms. The summed E-state index contributed by atoms with van der Waals surface area (Å²) in [5.74, 6) is 7.12. The van der Waals surface area contributed by atoms with Crippen molar-refractivity contribution >= 4 is 15.9 Å². The second-order valence-corrected chi connectivity index (χ2v) is 6.06. The molecule has 1 aliphatic rings. The van der Waals surface area contributed by atoms with Crippen molar-refractivity contribution in [3.63, 3.8) is 0 Å². The first-order chi connectivity index (χ1) is 9.69. The standard InChI is InChI=1S/C15H23BrN2O2/c1-3-15-12(6-7-20-15)14(18-17)9-10-8-11(19-2)4-5-13(10)16/h4-5,8,12,14-15,18H,3,6-7,9,17H2,1-2H3.